The van der Waals surface area contributed by atoms with Crippen molar-refractivity contribution in [2.75, 3.05) is 0 Å². The van der Waals surface area contributed by atoms with E-state index in [0.717, 1.165) is 17.8 Å². The van der Waals surface area contributed by atoms with Crippen LogP contribution in [0.2, 0.25) is 0 Å². The van der Waals surface area contributed by atoms with Crippen LogP contribution in [0.1, 0.15) is 36.9 Å². The topological polar surface area (TPSA) is 16.1 Å². The molecule has 0 spiro atoms. The molecule has 3 aliphatic heterocycles. The van der Waals surface area contributed by atoms with E-state index in [1.165, 1.54) is 42.0 Å². The van der Waals surface area contributed by atoms with E-state index in [0.29, 0.717) is 5.54 Å². The zero-order valence-corrected chi connectivity index (χ0v) is 11.3. The van der Waals surface area contributed by atoms with Crippen LogP contribution in [0.15, 0.2) is 30.5 Å². The molecule has 2 aromatic rings. The Hall–Kier alpha value is -1.41. The number of fused-ring (bicyclic) bond motifs is 1. The number of hydrogen-bond donors (Lipinski definition) is 0. The summed E-state index contributed by atoms with van der Waals surface area (Å²) in [7, 11) is 0. The number of benzene rings is 1. The summed E-state index contributed by atoms with van der Waals surface area (Å²) >= 11 is 0. The summed E-state index contributed by atoms with van der Waals surface area (Å²) in [6.07, 6.45) is 7.71. The van der Waals surface area contributed by atoms with E-state index in [4.69, 9.17) is 0 Å². The lowest BCUT2D eigenvalue weighted by atomic mass is 9.64. The van der Waals surface area contributed by atoms with E-state index in [2.05, 4.69) is 47.3 Å². The van der Waals surface area contributed by atoms with Gasteiger partial charge >= 0.3 is 0 Å². The molecule has 2 nitrogen and oxygen atoms in total. The van der Waals surface area contributed by atoms with Crippen LogP contribution < -0.4 is 0 Å². The third-order valence-corrected chi connectivity index (χ3v) is 5.76. The minimum Gasteiger partial charge on any atom is -0.287 e. The van der Waals surface area contributed by atoms with Gasteiger partial charge in [0.2, 0.25) is 0 Å². The molecule has 0 N–H and O–H groups in total. The van der Waals surface area contributed by atoms with Gasteiger partial charge in [0.05, 0.1) is 5.54 Å². The lowest BCUT2D eigenvalue weighted by molar-refractivity contribution is -0.171. The number of hydrogen-bond acceptors (Lipinski definition) is 2. The molecule has 96 valence electrons. The summed E-state index contributed by atoms with van der Waals surface area (Å²) in [5, 5.41) is 2.76. The Morgan fingerprint density at radius 3 is 2.53 bits per heavy atom. The summed E-state index contributed by atoms with van der Waals surface area (Å²) in [4.78, 5) is 7.45. The van der Waals surface area contributed by atoms with E-state index in [1.807, 2.05) is 0 Å². The van der Waals surface area contributed by atoms with Crippen molar-refractivity contribution in [2.45, 2.75) is 50.2 Å². The number of piperidine rings is 1. The molecule has 3 saturated heterocycles. The lowest BCUT2D eigenvalue weighted by Gasteiger charge is -2.67. The van der Waals surface area contributed by atoms with E-state index >= 15 is 0 Å². The number of aryl methyl sites for hydroxylation is 1. The van der Waals surface area contributed by atoms with Crippen molar-refractivity contribution in [2.24, 2.45) is 0 Å². The molecule has 19 heavy (non-hydrogen) atoms. The van der Waals surface area contributed by atoms with Gasteiger partial charge in [0, 0.05) is 29.4 Å². The number of aromatic nitrogens is 1. The van der Waals surface area contributed by atoms with Gasteiger partial charge in [0.15, 0.2) is 0 Å². The van der Waals surface area contributed by atoms with Crippen LogP contribution in [-0.4, -0.2) is 22.0 Å². The van der Waals surface area contributed by atoms with Gasteiger partial charge in [-0.1, -0.05) is 24.3 Å². The van der Waals surface area contributed by atoms with Gasteiger partial charge in [-0.25, -0.2) is 0 Å². The minimum atomic E-state index is 0.353. The SMILES string of the molecule is Cc1ncc(C23CC4CCC(C2)N43)c2ccccc12. The molecule has 0 radical (unpaired) electrons. The maximum absolute atomic E-state index is 4.67. The molecule has 5 rings (SSSR count). The Bertz CT molecular complexity index is 677. The van der Waals surface area contributed by atoms with Crippen LogP contribution in [0.5, 0.6) is 0 Å². The van der Waals surface area contributed by atoms with Gasteiger partial charge in [0.25, 0.3) is 0 Å². The average Bonchev–Trinajstić information content (AvgIpc) is 2.58. The molecule has 0 saturated carbocycles. The fraction of sp³-hybridized carbons (Fsp3) is 0.471. The summed E-state index contributed by atoms with van der Waals surface area (Å²) in [6, 6.07) is 10.5. The van der Waals surface area contributed by atoms with Crippen LogP contribution in [0.4, 0.5) is 0 Å². The summed E-state index contributed by atoms with van der Waals surface area (Å²) < 4.78 is 0. The molecular formula is C17H18N2. The molecule has 3 fully saturated rings. The smallest absolute Gasteiger partial charge is 0.0517 e. The van der Waals surface area contributed by atoms with Gasteiger partial charge in [-0.3, -0.25) is 9.88 Å². The molecule has 0 aliphatic carbocycles. The van der Waals surface area contributed by atoms with Crippen LogP contribution in [0, 0.1) is 6.92 Å². The molecule has 1 aromatic carbocycles. The predicted molar refractivity (Wildman–Crippen MR) is 76.0 cm³/mol. The highest BCUT2D eigenvalue weighted by molar-refractivity contribution is 5.88. The molecule has 0 amide bonds. The van der Waals surface area contributed by atoms with Crippen LogP contribution >= 0.6 is 0 Å². The fourth-order valence-corrected chi connectivity index (χ4v) is 4.97. The molecule has 0 bridgehead atoms. The lowest BCUT2D eigenvalue weighted by Crippen LogP contribution is -2.72. The largest absolute Gasteiger partial charge is 0.287 e. The van der Waals surface area contributed by atoms with Crippen LogP contribution in [-0.2, 0) is 5.54 Å². The highest BCUT2D eigenvalue weighted by atomic mass is 15.4. The molecule has 2 heteroatoms. The second kappa shape index (κ2) is 3.18. The third kappa shape index (κ3) is 1.06. The van der Waals surface area contributed by atoms with Crippen molar-refractivity contribution in [1.29, 1.82) is 0 Å². The number of rotatable bonds is 1. The zero-order chi connectivity index (χ0) is 12.6. The van der Waals surface area contributed by atoms with Crippen molar-refractivity contribution < 1.29 is 0 Å². The third-order valence-electron chi connectivity index (χ3n) is 5.76. The van der Waals surface area contributed by atoms with Gasteiger partial charge in [-0.2, -0.15) is 0 Å². The minimum absolute atomic E-state index is 0.353. The van der Waals surface area contributed by atoms with Gasteiger partial charge in [-0.15, -0.1) is 0 Å². The van der Waals surface area contributed by atoms with Crippen LogP contribution in [0.25, 0.3) is 10.8 Å². The predicted octanol–water partition coefficient (Wildman–Crippen LogP) is 3.38. The average molecular weight is 250 g/mol. The Morgan fingerprint density at radius 2 is 1.79 bits per heavy atom. The zero-order valence-electron chi connectivity index (χ0n) is 11.3. The van der Waals surface area contributed by atoms with Crippen molar-refractivity contribution in [3.63, 3.8) is 0 Å². The first-order valence-corrected chi connectivity index (χ1v) is 7.43. The fourth-order valence-electron chi connectivity index (χ4n) is 4.97. The first-order chi connectivity index (χ1) is 9.29. The molecule has 2 atom stereocenters. The van der Waals surface area contributed by atoms with Gasteiger partial charge in [0.1, 0.15) is 0 Å². The monoisotopic (exact) mass is 250 g/mol. The van der Waals surface area contributed by atoms with Crippen molar-refractivity contribution in [1.82, 2.24) is 9.88 Å². The van der Waals surface area contributed by atoms with Crippen LogP contribution in [0.3, 0.4) is 0 Å². The maximum atomic E-state index is 4.67. The van der Waals surface area contributed by atoms with E-state index < -0.39 is 0 Å². The maximum Gasteiger partial charge on any atom is 0.0517 e. The van der Waals surface area contributed by atoms with E-state index in [9.17, 15) is 0 Å². The first kappa shape index (κ1) is 10.4. The second-order valence-corrected chi connectivity index (χ2v) is 6.53. The molecule has 3 aliphatic rings. The molecule has 4 heterocycles. The van der Waals surface area contributed by atoms with Crippen molar-refractivity contribution in [3.8, 4) is 0 Å². The van der Waals surface area contributed by atoms with E-state index in [-0.39, 0.29) is 0 Å². The quantitative estimate of drug-likeness (QED) is 0.771. The summed E-state index contributed by atoms with van der Waals surface area (Å²) in [6.45, 7) is 2.12. The first-order valence-electron chi connectivity index (χ1n) is 7.43. The van der Waals surface area contributed by atoms with Crippen molar-refractivity contribution in [3.05, 3.63) is 41.7 Å². The standard InChI is InChI=1S/C17H18N2/c1-11-14-4-2-3-5-15(14)16(10-18-11)17-8-12-6-7-13(9-17)19(12)17/h2-5,10,12-13H,6-9H2,1H3. The van der Waals surface area contributed by atoms with Gasteiger partial charge in [-0.05, 0) is 43.6 Å². The number of pyridine rings is 1. The second-order valence-electron chi connectivity index (χ2n) is 6.53. The Kier molecular flexibility index (Phi) is 1.74. The summed E-state index contributed by atoms with van der Waals surface area (Å²) in [5.41, 5.74) is 3.00. The van der Waals surface area contributed by atoms with Gasteiger partial charge < -0.3 is 0 Å². The normalized spacial score (nSPS) is 35.8. The molecular weight excluding hydrogens is 232 g/mol. The Balaban J connectivity index is 1.73. The van der Waals surface area contributed by atoms with Crippen molar-refractivity contribution >= 4 is 10.8 Å². The highest BCUT2D eigenvalue weighted by Crippen LogP contribution is 2.64. The summed E-state index contributed by atoms with van der Waals surface area (Å²) in [5.74, 6) is 0. The Labute approximate surface area is 113 Å². The number of nitrogens with zero attached hydrogens (tertiary/aromatic N) is 2. The Morgan fingerprint density at radius 1 is 1.11 bits per heavy atom. The molecule has 1 aromatic heterocycles. The van der Waals surface area contributed by atoms with E-state index in [1.54, 1.807) is 0 Å². The highest BCUT2D eigenvalue weighted by Gasteiger charge is 2.66. The molecule has 2 unspecified atom stereocenters.